The maximum Gasteiger partial charge on any atom is 0.266 e. The van der Waals surface area contributed by atoms with E-state index in [0.29, 0.717) is 42.7 Å². The van der Waals surface area contributed by atoms with Crippen LogP contribution in [0.3, 0.4) is 0 Å². The van der Waals surface area contributed by atoms with Crippen molar-refractivity contribution < 1.29 is 13.6 Å². The van der Waals surface area contributed by atoms with Crippen LogP contribution < -0.4 is 10.2 Å². The van der Waals surface area contributed by atoms with Crippen molar-refractivity contribution >= 4 is 28.3 Å². The summed E-state index contributed by atoms with van der Waals surface area (Å²) in [4.78, 5) is 18.9. The average molecular weight is 441 g/mol. The average Bonchev–Trinajstić information content (AvgIpc) is 3.54. The fourth-order valence-corrected chi connectivity index (χ4v) is 4.37. The van der Waals surface area contributed by atoms with Crippen LogP contribution in [-0.2, 0) is 11.2 Å². The summed E-state index contributed by atoms with van der Waals surface area (Å²) >= 11 is 1.45. The third kappa shape index (κ3) is 4.94. The maximum atomic E-state index is 12.7. The van der Waals surface area contributed by atoms with Gasteiger partial charge in [0.15, 0.2) is 5.76 Å². The first kappa shape index (κ1) is 21.1. The van der Waals surface area contributed by atoms with Gasteiger partial charge in [-0.15, -0.1) is 10.2 Å². The van der Waals surface area contributed by atoms with Gasteiger partial charge in [0, 0.05) is 25.4 Å². The predicted molar refractivity (Wildman–Crippen MR) is 116 cm³/mol. The second-order valence-electron chi connectivity index (χ2n) is 7.47. The van der Waals surface area contributed by atoms with Crippen LogP contribution in [0, 0.1) is 17.2 Å². The van der Waals surface area contributed by atoms with E-state index in [4.69, 9.17) is 8.83 Å². The lowest BCUT2D eigenvalue weighted by molar-refractivity contribution is -0.120. The number of piperidine rings is 1. The lowest BCUT2D eigenvalue weighted by Crippen LogP contribution is -2.38. The number of nitrogens with one attached hydrogen (secondary N) is 1. The summed E-state index contributed by atoms with van der Waals surface area (Å²) in [5.41, 5.74) is 0.221. The van der Waals surface area contributed by atoms with E-state index in [1.54, 1.807) is 12.1 Å². The number of rotatable bonds is 8. The number of anilines is 2. The van der Waals surface area contributed by atoms with Crippen LogP contribution in [0.25, 0.3) is 11.7 Å². The number of carbonyl (C=O) groups excluding carboxylic acids is 1. The topological polar surface area (TPSA) is 121 Å². The second-order valence-corrected chi connectivity index (χ2v) is 8.53. The zero-order valence-electron chi connectivity index (χ0n) is 17.3. The van der Waals surface area contributed by atoms with Crippen LogP contribution in [-0.4, -0.2) is 34.2 Å². The van der Waals surface area contributed by atoms with Gasteiger partial charge in [0.1, 0.15) is 11.1 Å². The van der Waals surface area contributed by atoms with Gasteiger partial charge in [-0.05, 0) is 31.4 Å². The minimum atomic E-state index is -0.123. The summed E-state index contributed by atoms with van der Waals surface area (Å²) in [6, 6.07) is 5.55. The number of nitriles is 1. The standard InChI is InChI=1S/C21H24N6O3S/c1-2-3-4-7-17-25-26-21(31-17)24-18(28)14-8-10-27(11-9-14)20-15(13-22)23-19(30-20)16-6-5-12-29-16/h5-6,12,14H,2-4,7-11H2,1H3,(H,24,26,28). The summed E-state index contributed by atoms with van der Waals surface area (Å²) in [6.07, 6.45) is 7.15. The number of hydrogen-bond donors (Lipinski definition) is 1. The van der Waals surface area contributed by atoms with Crippen molar-refractivity contribution in [3.8, 4) is 17.7 Å². The molecular weight excluding hydrogens is 416 g/mol. The molecular formula is C21H24N6O3S. The lowest BCUT2D eigenvalue weighted by Gasteiger charge is -2.30. The van der Waals surface area contributed by atoms with Crippen molar-refractivity contribution in [3.05, 3.63) is 29.1 Å². The number of hydrogen-bond acceptors (Lipinski definition) is 9. The van der Waals surface area contributed by atoms with Crippen LogP contribution >= 0.6 is 11.3 Å². The number of unbranched alkanes of at least 4 members (excludes halogenated alkanes) is 2. The highest BCUT2D eigenvalue weighted by molar-refractivity contribution is 7.15. The molecule has 1 aliphatic heterocycles. The Balaban J connectivity index is 1.33. The van der Waals surface area contributed by atoms with Crippen molar-refractivity contribution in [1.82, 2.24) is 15.2 Å². The fourth-order valence-electron chi connectivity index (χ4n) is 3.59. The molecule has 1 aliphatic rings. The zero-order chi connectivity index (χ0) is 21.6. The summed E-state index contributed by atoms with van der Waals surface area (Å²) in [5, 5.41) is 22.1. The molecule has 3 aromatic rings. The fraction of sp³-hybridized carbons (Fsp3) is 0.476. The Labute approximate surface area is 184 Å². The third-order valence-corrected chi connectivity index (χ3v) is 6.19. The van der Waals surface area contributed by atoms with Crippen LogP contribution in [0.2, 0.25) is 0 Å². The summed E-state index contributed by atoms with van der Waals surface area (Å²) < 4.78 is 11.1. The summed E-state index contributed by atoms with van der Waals surface area (Å²) in [5.74, 6) is 1.02. The molecule has 0 saturated carbocycles. The molecule has 0 bridgehead atoms. The molecule has 4 rings (SSSR count). The van der Waals surface area contributed by atoms with Crippen LogP contribution in [0.1, 0.15) is 49.7 Å². The SMILES string of the molecule is CCCCCc1nnc(NC(=O)C2CCN(c3oc(-c4ccco4)nc3C#N)CC2)s1. The Kier molecular flexibility index (Phi) is 6.62. The molecule has 9 nitrogen and oxygen atoms in total. The Hall–Kier alpha value is -3.19. The molecule has 1 amide bonds. The highest BCUT2D eigenvalue weighted by Crippen LogP contribution is 2.31. The van der Waals surface area contributed by atoms with E-state index in [-0.39, 0.29) is 23.4 Å². The monoisotopic (exact) mass is 440 g/mol. The molecule has 31 heavy (non-hydrogen) atoms. The van der Waals surface area contributed by atoms with Crippen LogP contribution in [0.15, 0.2) is 27.2 Å². The highest BCUT2D eigenvalue weighted by atomic mass is 32.1. The van der Waals surface area contributed by atoms with E-state index in [1.165, 1.54) is 24.0 Å². The number of furan rings is 1. The van der Waals surface area contributed by atoms with Gasteiger partial charge in [-0.1, -0.05) is 31.1 Å². The number of oxazole rings is 1. The van der Waals surface area contributed by atoms with Crippen LogP contribution in [0.5, 0.6) is 0 Å². The van der Waals surface area contributed by atoms with E-state index in [0.717, 1.165) is 24.3 Å². The van der Waals surface area contributed by atoms with E-state index in [9.17, 15) is 10.1 Å². The molecule has 10 heteroatoms. The van der Waals surface area contributed by atoms with Gasteiger partial charge in [-0.3, -0.25) is 4.79 Å². The van der Waals surface area contributed by atoms with Crippen LogP contribution in [0.4, 0.5) is 11.0 Å². The van der Waals surface area contributed by atoms with Crippen molar-refractivity contribution in [2.24, 2.45) is 5.92 Å². The van der Waals surface area contributed by atoms with Gasteiger partial charge >= 0.3 is 0 Å². The van der Waals surface area contributed by atoms with Gasteiger partial charge in [-0.2, -0.15) is 10.2 Å². The van der Waals surface area contributed by atoms with E-state index in [2.05, 4.69) is 33.5 Å². The molecule has 0 aliphatic carbocycles. The molecule has 0 spiro atoms. The quantitative estimate of drug-likeness (QED) is 0.516. The van der Waals surface area contributed by atoms with Gasteiger partial charge in [0.05, 0.1) is 6.26 Å². The largest absolute Gasteiger partial charge is 0.459 e. The number of aryl methyl sites for hydroxylation is 1. The minimum absolute atomic E-state index is 0.0368. The smallest absolute Gasteiger partial charge is 0.266 e. The van der Waals surface area contributed by atoms with E-state index in [1.807, 2.05) is 4.90 Å². The first-order valence-corrected chi connectivity index (χ1v) is 11.3. The lowest BCUT2D eigenvalue weighted by atomic mass is 9.96. The Morgan fingerprint density at radius 2 is 2.19 bits per heavy atom. The maximum absolute atomic E-state index is 12.7. The highest BCUT2D eigenvalue weighted by Gasteiger charge is 2.29. The second kappa shape index (κ2) is 9.75. The van der Waals surface area contributed by atoms with Gasteiger partial charge in [0.25, 0.3) is 5.89 Å². The number of carbonyl (C=O) groups is 1. The molecule has 4 heterocycles. The Morgan fingerprint density at radius 1 is 1.35 bits per heavy atom. The third-order valence-electron chi connectivity index (χ3n) is 5.29. The Bertz CT molecular complexity index is 1040. The normalized spacial score (nSPS) is 14.5. The summed E-state index contributed by atoms with van der Waals surface area (Å²) in [7, 11) is 0. The van der Waals surface area contributed by atoms with Crippen molar-refractivity contribution in [2.75, 3.05) is 23.3 Å². The molecule has 0 aromatic carbocycles. The van der Waals surface area contributed by atoms with Crippen molar-refractivity contribution in [1.29, 1.82) is 5.26 Å². The van der Waals surface area contributed by atoms with Crippen molar-refractivity contribution in [2.45, 2.75) is 45.4 Å². The minimum Gasteiger partial charge on any atom is -0.459 e. The number of amides is 1. The molecule has 0 unspecified atom stereocenters. The predicted octanol–water partition coefficient (Wildman–Crippen LogP) is 4.25. The van der Waals surface area contributed by atoms with E-state index >= 15 is 0 Å². The number of nitrogens with zero attached hydrogens (tertiary/aromatic N) is 5. The van der Waals surface area contributed by atoms with Gasteiger partial charge in [0.2, 0.25) is 22.6 Å². The van der Waals surface area contributed by atoms with E-state index < -0.39 is 0 Å². The molecule has 1 N–H and O–H groups in total. The molecule has 162 valence electrons. The molecule has 1 fully saturated rings. The summed E-state index contributed by atoms with van der Waals surface area (Å²) in [6.45, 7) is 3.36. The molecule has 0 atom stereocenters. The molecule has 3 aromatic heterocycles. The number of aromatic nitrogens is 3. The first-order chi connectivity index (χ1) is 15.2. The Morgan fingerprint density at radius 3 is 2.90 bits per heavy atom. The molecule has 0 radical (unpaired) electrons. The molecule has 1 saturated heterocycles. The van der Waals surface area contributed by atoms with Crippen molar-refractivity contribution in [3.63, 3.8) is 0 Å². The first-order valence-electron chi connectivity index (χ1n) is 10.5. The zero-order valence-corrected chi connectivity index (χ0v) is 18.2. The van der Waals surface area contributed by atoms with Gasteiger partial charge < -0.3 is 19.1 Å². The van der Waals surface area contributed by atoms with Gasteiger partial charge in [-0.25, -0.2) is 0 Å².